The molecule has 4 rings (SSSR count). The highest BCUT2D eigenvalue weighted by molar-refractivity contribution is 9.10. The van der Waals surface area contributed by atoms with E-state index in [9.17, 15) is 4.79 Å². The topological polar surface area (TPSA) is 54.7 Å². The monoisotopic (exact) mass is 428 g/mol. The molecule has 0 radical (unpaired) electrons. The fourth-order valence-electron chi connectivity index (χ4n) is 3.36. The van der Waals surface area contributed by atoms with Gasteiger partial charge in [-0.05, 0) is 42.8 Å². The number of furan rings is 1. The first-order valence-corrected chi connectivity index (χ1v) is 9.78. The fourth-order valence-corrected chi connectivity index (χ4v) is 3.72. The number of morpholine rings is 1. The molecule has 2 heterocycles. The lowest BCUT2D eigenvalue weighted by atomic mass is 10.1. The molecule has 1 aliphatic heterocycles. The third-order valence-electron chi connectivity index (χ3n) is 4.80. The number of nitrogens with one attached hydrogen (secondary N) is 1. The zero-order chi connectivity index (χ0) is 18.8. The molecule has 1 N–H and O–H groups in total. The van der Waals surface area contributed by atoms with Crippen molar-refractivity contribution < 1.29 is 13.9 Å². The van der Waals surface area contributed by atoms with Crippen LogP contribution in [-0.4, -0.2) is 37.1 Å². The van der Waals surface area contributed by atoms with E-state index in [1.807, 2.05) is 43.3 Å². The second-order valence-electron chi connectivity index (χ2n) is 6.74. The lowest BCUT2D eigenvalue weighted by Crippen LogP contribution is -2.35. The molecule has 0 aliphatic carbocycles. The van der Waals surface area contributed by atoms with Crippen LogP contribution in [0.5, 0.6) is 0 Å². The Hall–Kier alpha value is -2.15. The smallest absolute Gasteiger partial charge is 0.291 e. The Kier molecular flexibility index (Phi) is 5.29. The molecule has 5 nitrogen and oxygen atoms in total. The van der Waals surface area contributed by atoms with Gasteiger partial charge in [0.2, 0.25) is 0 Å². The molecule has 0 saturated carbocycles. The first kappa shape index (κ1) is 18.2. The normalized spacial score (nSPS) is 15.2. The summed E-state index contributed by atoms with van der Waals surface area (Å²) in [5, 5.41) is 3.91. The summed E-state index contributed by atoms with van der Waals surface area (Å²) in [6.45, 7) is 6.18. The summed E-state index contributed by atoms with van der Waals surface area (Å²) in [5.74, 6) is 0.116. The van der Waals surface area contributed by atoms with Gasteiger partial charge in [0.25, 0.3) is 5.91 Å². The number of rotatable bonds is 4. The molecule has 0 spiro atoms. The summed E-state index contributed by atoms with van der Waals surface area (Å²) in [5.41, 5.74) is 3.49. The summed E-state index contributed by atoms with van der Waals surface area (Å²) in [6, 6.07) is 13.7. The number of fused-ring (bicyclic) bond motifs is 1. The van der Waals surface area contributed by atoms with Crippen LogP contribution in [0.3, 0.4) is 0 Å². The Morgan fingerprint density at radius 3 is 2.81 bits per heavy atom. The average Bonchev–Trinajstić information content (AvgIpc) is 2.99. The Labute approximate surface area is 166 Å². The number of amides is 1. The quantitative estimate of drug-likeness (QED) is 0.660. The van der Waals surface area contributed by atoms with Crippen molar-refractivity contribution in [3.05, 3.63) is 63.8 Å². The second kappa shape index (κ2) is 7.84. The van der Waals surface area contributed by atoms with Gasteiger partial charge in [0.1, 0.15) is 5.58 Å². The maximum Gasteiger partial charge on any atom is 0.291 e. The molecule has 0 atom stereocenters. The fraction of sp³-hybridized carbons (Fsp3) is 0.286. The highest BCUT2D eigenvalue weighted by Crippen LogP contribution is 2.28. The van der Waals surface area contributed by atoms with E-state index in [0.29, 0.717) is 11.3 Å². The summed E-state index contributed by atoms with van der Waals surface area (Å²) < 4.78 is 12.1. The minimum Gasteiger partial charge on any atom is -0.451 e. The van der Waals surface area contributed by atoms with Crippen molar-refractivity contribution in [2.75, 3.05) is 31.6 Å². The minimum absolute atomic E-state index is 0.233. The summed E-state index contributed by atoms with van der Waals surface area (Å²) in [7, 11) is 0. The molecule has 0 unspecified atom stereocenters. The van der Waals surface area contributed by atoms with E-state index in [2.05, 4.69) is 32.2 Å². The van der Waals surface area contributed by atoms with Crippen molar-refractivity contribution in [3.63, 3.8) is 0 Å². The van der Waals surface area contributed by atoms with E-state index in [4.69, 9.17) is 9.15 Å². The Bertz CT molecular complexity index is 977. The molecule has 1 amide bonds. The molecule has 1 aliphatic rings. The molecule has 0 bridgehead atoms. The minimum atomic E-state index is -0.233. The van der Waals surface area contributed by atoms with Crippen LogP contribution in [-0.2, 0) is 11.3 Å². The van der Waals surface area contributed by atoms with Gasteiger partial charge in [-0.25, -0.2) is 0 Å². The highest BCUT2D eigenvalue weighted by Gasteiger charge is 2.18. The van der Waals surface area contributed by atoms with Crippen molar-refractivity contribution in [1.29, 1.82) is 0 Å². The number of ether oxygens (including phenoxy) is 1. The maximum atomic E-state index is 12.7. The lowest BCUT2D eigenvalue weighted by molar-refractivity contribution is 0.0342. The van der Waals surface area contributed by atoms with Crippen molar-refractivity contribution in [2.24, 2.45) is 0 Å². The van der Waals surface area contributed by atoms with Crippen LogP contribution in [0.1, 0.15) is 21.7 Å². The predicted octanol–water partition coefficient (Wildman–Crippen LogP) is 4.59. The average molecular weight is 429 g/mol. The summed E-state index contributed by atoms with van der Waals surface area (Å²) >= 11 is 3.46. The van der Waals surface area contributed by atoms with Gasteiger partial charge in [-0.2, -0.15) is 0 Å². The number of hydrogen-bond donors (Lipinski definition) is 1. The second-order valence-corrected chi connectivity index (χ2v) is 7.66. The van der Waals surface area contributed by atoms with Crippen LogP contribution < -0.4 is 5.32 Å². The third-order valence-corrected chi connectivity index (χ3v) is 5.29. The molecule has 1 fully saturated rings. The molecule has 1 saturated heterocycles. The maximum absolute atomic E-state index is 12.7. The van der Waals surface area contributed by atoms with Gasteiger partial charge in [-0.15, -0.1) is 0 Å². The largest absolute Gasteiger partial charge is 0.451 e. The van der Waals surface area contributed by atoms with E-state index in [0.717, 1.165) is 54.0 Å². The van der Waals surface area contributed by atoms with Crippen molar-refractivity contribution in [3.8, 4) is 0 Å². The zero-order valence-electron chi connectivity index (χ0n) is 15.1. The molecule has 27 heavy (non-hydrogen) atoms. The summed E-state index contributed by atoms with van der Waals surface area (Å²) in [4.78, 5) is 15.1. The lowest BCUT2D eigenvalue weighted by Gasteiger charge is -2.26. The number of carbonyl (C=O) groups is 1. The van der Waals surface area contributed by atoms with E-state index in [-0.39, 0.29) is 5.91 Å². The number of benzene rings is 2. The first-order valence-electron chi connectivity index (χ1n) is 8.99. The van der Waals surface area contributed by atoms with Crippen LogP contribution in [0.2, 0.25) is 0 Å². The third kappa shape index (κ3) is 4.08. The van der Waals surface area contributed by atoms with E-state index in [1.54, 1.807) is 0 Å². The van der Waals surface area contributed by atoms with Crippen molar-refractivity contribution in [2.45, 2.75) is 13.5 Å². The predicted molar refractivity (Wildman–Crippen MR) is 109 cm³/mol. The van der Waals surface area contributed by atoms with Gasteiger partial charge in [0.05, 0.1) is 13.2 Å². The van der Waals surface area contributed by atoms with Gasteiger partial charge in [0, 0.05) is 40.7 Å². The number of aryl methyl sites for hydroxylation is 1. The van der Waals surface area contributed by atoms with Gasteiger partial charge in [-0.1, -0.05) is 28.1 Å². The first-order chi connectivity index (χ1) is 13.1. The SMILES string of the molecule is Cc1c(C(=O)Nc2cccc(CN3CCOCC3)c2)oc2ccc(Br)cc12. The molecule has 2 aromatic carbocycles. The van der Waals surface area contributed by atoms with Gasteiger partial charge < -0.3 is 14.5 Å². The number of anilines is 1. The summed E-state index contributed by atoms with van der Waals surface area (Å²) in [6.07, 6.45) is 0. The number of halogens is 1. The highest BCUT2D eigenvalue weighted by atomic mass is 79.9. The van der Waals surface area contributed by atoms with Crippen molar-refractivity contribution >= 4 is 38.5 Å². The van der Waals surface area contributed by atoms with E-state index in [1.165, 1.54) is 5.56 Å². The molecular formula is C21H21BrN2O3. The molecule has 3 aromatic rings. The molecule has 140 valence electrons. The molecular weight excluding hydrogens is 408 g/mol. The van der Waals surface area contributed by atoms with E-state index < -0.39 is 0 Å². The van der Waals surface area contributed by atoms with Gasteiger partial charge >= 0.3 is 0 Å². The Morgan fingerprint density at radius 1 is 1.19 bits per heavy atom. The van der Waals surface area contributed by atoms with Crippen LogP contribution >= 0.6 is 15.9 Å². The Morgan fingerprint density at radius 2 is 2.00 bits per heavy atom. The van der Waals surface area contributed by atoms with Crippen molar-refractivity contribution in [1.82, 2.24) is 4.90 Å². The van der Waals surface area contributed by atoms with Crippen LogP contribution in [0.15, 0.2) is 51.4 Å². The zero-order valence-corrected chi connectivity index (χ0v) is 16.7. The van der Waals surface area contributed by atoms with Gasteiger partial charge in [0.15, 0.2) is 5.76 Å². The van der Waals surface area contributed by atoms with Crippen LogP contribution in [0, 0.1) is 6.92 Å². The van der Waals surface area contributed by atoms with Crippen LogP contribution in [0.25, 0.3) is 11.0 Å². The standard InChI is InChI=1S/C21H21BrN2O3/c1-14-18-12-16(22)5-6-19(18)27-20(14)21(25)23-17-4-2-3-15(11-17)13-24-7-9-26-10-8-24/h2-6,11-12H,7-10,13H2,1H3,(H,23,25). The number of carbonyl (C=O) groups excluding carboxylic acids is 1. The molecule has 1 aromatic heterocycles. The Balaban J connectivity index is 1.51. The number of nitrogens with zero attached hydrogens (tertiary/aromatic N) is 1. The number of hydrogen-bond acceptors (Lipinski definition) is 4. The molecule has 6 heteroatoms. The van der Waals surface area contributed by atoms with Gasteiger partial charge in [-0.3, -0.25) is 9.69 Å². The van der Waals surface area contributed by atoms with E-state index >= 15 is 0 Å². The van der Waals surface area contributed by atoms with Crippen LogP contribution in [0.4, 0.5) is 5.69 Å².